The molecule has 0 N–H and O–H groups in total. The molecule has 0 bridgehead atoms. The summed E-state index contributed by atoms with van der Waals surface area (Å²) >= 11 is 0. The first-order valence-corrected chi connectivity index (χ1v) is 5.13. The van der Waals surface area contributed by atoms with Crippen LogP contribution in [0.3, 0.4) is 0 Å². The number of hydrogen-bond donors (Lipinski definition) is 0. The Morgan fingerprint density at radius 1 is 1.29 bits per heavy atom. The van der Waals surface area contributed by atoms with Crippen LogP contribution < -0.4 is 0 Å². The molecule has 0 fully saturated rings. The maximum Gasteiger partial charge on any atom is 0.126 e. The van der Waals surface area contributed by atoms with Gasteiger partial charge in [0.2, 0.25) is 0 Å². The average molecular weight is 190 g/mol. The molecule has 0 aromatic heterocycles. The van der Waals surface area contributed by atoms with E-state index in [1.807, 2.05) is 32.0 Å². The quantitative estimate of drug-likeness (QED) is 0.665. The van der Waals surface area contributed by atoms with Crippen molar-refractivity contribution in [2.75, 3.05) is 0 Å². The highest BCUT2D eigenvalue weighted by atomic mass is 16.1. The molecule has 0 radical (unpaired) electrons. The van der Waals surface area contributed by atoms with Crippen LogP contribution in [0, 0.1) is 5.41 Å². The molecule has 76 valence electrons. The maximum atomic E-state index is 11.0. The molecule has 1 aromatic rings. The van der Waals surface area contributed by atoms with Crippen molar-refractivity contribution < 1.29 is 4.79 Å². The van der Waals surface area contributed by atoms with Crippen molar-refractivity contribution in [2.24, 2.45) is 5.41 Å². The van der Waals surface area contributed by atoms with Crippen LogP contribution >= 0.6 is 0 Å². The lowest BCUT2D eigenvalue weighted by Gasteiger charge is -2.28. The fraction of sp³-hybridized carbons (Fsp3) is 0.462. The minimum atomic E-state index is -0.268. The van der Waals surface area contributed by atoms with E-state index < -0.39 is 0 Å². The molecule has 0 amide bonds. The van der Waals surface area contributed by atoms with Crippen LogP contribution in [-0.4, -0.2) is 6.29 Å². The smallest absolute Gasteiger partial charge is 0.126 e. The maximum absolute atomic E-state index is 11.0. The Morgan fingerprint density at radius 2 is 1.86 bits per heavy atom. The van der Waals surface area contributed by atoms with Crippen molar-refractivity contribution in [1.82, 2.24) is 0 Å². The zero-order valence-corrected chi connectivity index (χ0v) is 9.16. The van der Waals surface area contributed by atoms with Gasteiger partial charge in [0.25, 0.3) is 0 Å². The number of carbonyl (C=O) groups excluding carboxylic acids is 1. The summed E-state index contributed by atoms with van der Waals surface area (Å²) in [7, 11) is 0. The Labute approximate surface area is 86.1 Å². The Bertz CT molecular complexity index is 287. The lowest BCUT2D eigenvalue weighted by Crippen LogP contribution is -2.23. The summed E-state index contributed by atoms with van der Waals surface area (Å²) in [4.78, 5) is 11.0. The van der Waals surface area contributed by atoms with Gasteiger partial charge in [-0.1, -0.05) is 51.1 Å². The first kappa shape index (κ1) is 11.0. The second-order valence-corrected chi connectivity index (χ2v) is 4.31. The van der Waals surface area contributed by atoms with Crippen molar-refractivity contribution in [3.63, 3.8) is 0 Å². The largest absolute Gasteiger partial charge is 0.303 e. The van der Waals surface area contributed by atoms with Gasteiger partial charge in [0, 0.05) is 5.41 Å². The molecule has 1 nitrogen and oxygen atoms in total. The standard InChI is InChI=1S/C13H18O/c1-4-12(13(2,3)10-14)11-8-6-5-7-9-11/h5-10,12H,4H2,1-3H3. The molecule has 0 aliphatic rings. The van der Waals surface area contributed by atoms with E-state index in [0.717, 1.165) is 12.7 Å². The van der Waals surface area contributed by atoms with E-state index in [1.165, 1.54) is 5.56 Å². The van der Waals surface area contributed by atoms with Crippen molar-refractivity contribution >= 4 is 6.29 Å². The van der Waals surface area contributed by atoms with Crippen LogP contribution in [-0.2, 0) is 4.79 Å². The van der Waals surface area contributed by atoms with Gasteiger partial charge in [-0.05, 0) is 17.9 Å². The number of hydrogen-bond acceptors (Lipinski definition) is 1. The molecule has 1 rings (SSSR count). The van der Waals surface area contributed by atoms with E-state index in [9.17, 15) is 4.79 Å². The molecule has 0 aliphatic carbocycles. The lowest BCUT2D eigenvalue weighted by atomic mass is 9.74. The van der Waals surface area contributed by atoms with Gasteiger partial charge in [-0.2, -0.15) is 0 Å². The van der Waals surface area contributed by atoms with Crippen LogP contribution in [0.4, 0.5) is 0 Å². The van der Waals surface area contributed by atoms with Gasteiger partial charge in [0.1, 0.15) is 6.29 Å². The third-order valence-corrected chi connectivity index (χ3v) is 2.81. The Hall–Kier alpha value is -1.11. The summed E-state index contributed by atoms with van der Waals surface area (Å²) in [5.41, 5.74) is 0.989. The van der Waals surface area contributed by atoms with E-state index in [4.69, 9.17) is 0 Å². The fourth-order valence-corrected chi connectivity index (χ4v) is 1.96. The van der Waals surface area contributed by atoms with Crippen molar-refractivity contribution in [1.29, 1.82) is 0 Å². The summed E-state index contributed by atoms with van der Waals surface area (Å²) in [5.74, 6) is 0.321. The molecular weight excluding hydrogens is 172 g/mol. The minimum absolute atomic E-state index is 0.268. The van der Waals surface area contributed by atoms with Gasteiger partial charge in [-0.15, -0.1) is 0 Å². The predicted molar refractivity (Wildman–Crippen MR) is 59.3 cm³/mol. The first-order valence-electron chi connectivity index (χ1n) is 5.13. The molecule has 1 aromatic carbocycles. The van der Waals surface area contributed by atoms with E-state index in [0.29, 0.717) is 5.92 Å². The first-order chi connectivity index (χ1) is 6.61. The van der Waals surface area contributed by atoms with Crippen LogP contribution in [0.15, 0.2) is 30.3 Å². The second kappa shape index (κ2) is 4.41. The topological polar surface area (TPSA) is 17.1 Å². The number of rotatable bonds is 4. The molecule has 1 heteroatoms. The zero-order valence-electron chi connectivity index (χ0n) is 9.16. The SMILES string of the molecule is CCC(c1ccccc1)C(C)(C)C=O. The van der Waals surface area contributed by atoms with E-state index >= 15 is 0 Å². The Kier molecular flexibility index (Phi) is 3.45. The average Bonchev–Trinajstić information content (AvgIpc) is 2.20. The molecule has 0 aliphatic heterocycles. The summed E-state index contributed by atoms with van der Waals surface area (Å²) in [5, 5.41) is 0. The lowest BCUT2D eigenvalue weighted by molar-refractivity contribution is -0.115. The van der Waals surface area contributed by atoms with Gasteiger partial charge in [-0.3, -0.25) is 0 Å². The van der Waals surface area contributed by atoms with Crippen LogP contribution in [0.2, 0.25) is 0 Å². The molecule has 1 unspecified atom stereocenters. The van der Waals surface area contributed by atoms with Gasteiger partial charge in [0.15, 0.2) is 0 Å². The summed E-state index contributed by atoms with van der Waals surface area (Å²) in [6.07, 6.45) is 2.06. The third-order valence-electron chi connectivity index (χ3n) is 2.81. The number of carbonyl (C=O) groups is 1. The van der Waals surface area contributed by atoms with Crippen LogP contribution in [0.25, 0.3) is 0 Å². The van der Waals surface area contributed by atoms with Gasteiger partial charge in [-0.25, -0.2) is 0 Å². The third kappa shape index (κ3) is 2.22. The molecule has 0 saturated carbocycles. The summed E-state index contributed by atoms with van der Waals surface area (Å²) in [6.45, 7) is 6.13. The summed E-state index contributed by atoms with van der Waals surface area (Å²) in [6, 6.07) is 10.3. The van der Waals surface area contributed by atoms with Crippen LogP contribution in [0.5, 0.6) is 0 Å². The van der Waals surface area contributed by atoms with Crippen LogP contribution in [0.1, 0.15) is 38.7 Å². The van der Waals surface area contributed by atoms with E-state index in [2.05, 4.69) is 19.1 Å². The van der Waals surface area contributed by atoms with Gasteiger partial charge < -0.3 is 4.79 Å². The second-order valence-electron chi connectivity index (χ2n) is 4.31. The van der Waals surface area contributed by atoms with Gasteiger partial charge >= 0.3 is 0 Å². The van der Waals surface area contributed by atoms with Crippen molar-refractivity contribution in [2.45, 2.75) is 33.1 Å². The fourth-order valence-electron chi connectivity index (χ4n) is 1.96. The molecule has 14 heavy (non-hydrogen) atoms. The summed E-state index contributed by atoms with van der Waals surface area (Å²) < 4.78 is 0. The zero-order chi connectivity index (χ0) is 10.6. The van der Waals surface area contributed by atoms with Crippen molar-refractivity contribution in [3.05, 3.63) is 35.9 Å². The molecule has 0 saturated heterocycles. The minimum Gasteiger partial charge on any atom is -0.303 e. The Morgan fingerprint density at radius 3 is 2.29 bits per heavy atom. The number of aldehydes is 1. The molecule has 0 spiro atoms. The normalized spacial score (nSPS) is 13.6. The van der Waals surface area contributed by atoms with E-state index in [-0.39, 0.29) is 5.41 Å². The molecule has 1 atom stereocenters. The highest BCUT2D eigenvalue weighted by Gasteiger charge is 2.28. The monoisotopic (exact) mass is 190 g/mol. The Balaban J connectivity index is 2.99. The van der Waals surface area contributed by atoms with E-state index in [1.54, 1.807) is 0 Å². The highest BCUT2D eigenvalue weighted by Crippen LogP contribution is 2.35. The molecular formula is C13H18O. The van der Waals surface area contributed by atoms with Crippen molar-refractivity contribution in [3.8, 4) is 0 Å². The number of benzene rings is 1. The highest BCUT2D eigenvalue weighted by molar-refractivity contribution is 5.60. The van der Waals surface area contributed by atoms with Gasteiger partial charge in [0.05, 0.1) is 0 Å². The molecule has 0 heterocycles. The predicted octanol–water partition coefficient (Wildman–Crippen LogP) is 3.41.